The SMILES string of the molecule is Cn1ccc(Cn2ncc3cc(Sc4cnn(CCO)c4)ccc3c2=O)n1. The van der Waals surface area contributed by atoms with Gasteiger partial charge in [0.1, 0.15) is 0 Å². The highest BCUT2D eigenvalue weighted by Crippen LogP contribution is 2.29. The zero-order valence-corrected chi connectivity index (χ0v) is 15.5. The van der Waals surface area contributed by atoms with E-state index in [1.807, 2.05) is 43.7 Å². The third-order valence-corrected chi connectivity index (χ3v) is 5.02. The molecule has 9 heteroatoms. The molecule has 0 fully saturated rings. The largest absolute Gasteiger partial charge is 0.394 e. The van der Waals surface area contributed by atoms with Gasteiger partial charge in [-0.05, 0) is 24.3 Å². The Morgan fingerprint density at radius 1 is 1.15 bits per heavy atom. The van der Waals surface area contributed by atoms with Crippen molar-refractivity contribution >= 4 is 22.5 Å². The van der Waals surface area contributed by atoms with Gasteiger partial charge in [-0.2, -0.15) is 15.3 Å². The van der Waals surface area contributed by atoms with Gasteiger partial charge in [0.15, 0.2) is 0 Å². The van der Waals surface area contributed by atoms with Crippen molar-refractivity contribution in [3.05, 3.63) is 65.1 Å². The number of hydrogen-bond acceptors (Lipinski definition) is 6. The molecule has 0 saturated carbocycles. The van der Waals surface area contributed by atoms with E-state index in [2.05, 4.69) is 15.3 Å². The number of nitrogens with zero attached hydrogens (tertiary/aromatic N) is 6. The number of benzene rings is 1. The van der Waals surface area contributed by atoms with Gasteiger partial charge < -0.3 is 5.11 Å². The van der Waals surface area contributed by atoms with Crippen LogP contribution in [0, 0.1) is 0 Å². The van der Waals surface area contributed by atoms with Gasteiger partial charge in [0.25, 0.3) is 5.56 Å². The molecule has 1 N–H and O–H groups in total. The Labute approximate surface area is 159 Å². The van der Waals surface area contributed by atoms with Crippen molar-refractivity contribution in [2.45, 2.75) is 22.9 Å². The van der Waals surface area contributed by atoms with E-state index in [4.69, 9.17) is 5.11 Å². The molecule has 0 saturated heterocycles. The Morgan fingerprint density at radius 2 is 2.04 bits per heavy atom. The maximum absolute atomic E-state index is 12.7. The van der Waals surface area contributed by atoms with Gasteiger partial charge in [0.2, 0.25) is 0 Å². The Balaban J connectivity index is 1.59. The molecule has 0 aliphatic rings. The zero-order chi connectivity index (χ0) is 18.8. The molecule has 0 radical (unpaired) electrons. The Bertz CT molecular complexity index is 1150. The van der Waals surface area contributed by atoms with Gasteiger partial charge in [-0.3, -0.25) is 14.2 Å². The van der Waals surface area contributed by atoms with Crippen molar-refractivity contribution in [1.82, 2.24) is 29.3 Å². The van der Waals surface area contributed by atoms with Gasteiger partial charge in [0.05, 0.1) is 48.1 Å². The third kappa shape index (κ3) is 3.79. The van der Waals surface area contributed by atoms with E-state index in [9.17, 15) is 4.79 Å². The summed E-state index contributed by atoms with van der Waals surface area (Å²) in [5, 5.41) is 23.2. The fourth-order valence-corrected chi connectivity index (χ4v) is 3.67. The summed E-state index contributed by atoms with van der Waals surface area (Å²) in [6, 6.07) is 7.57. The van der Waals surface area contributed by atoms with Crippen molar-refractivity contribution in [1.29, 1.82) is 0 Å². The van der Waals surface area contributed by atoms with Crippen LogP contribution >= 0.6 is 11.8 Å². The van der Waals surface area contributed by atoms with Gasteiger partial charge in [-0.1, -0.05) is 11.8 Å². The highest BCUT2D eigenvalue weighted by atomic mass is 32.2. The van der Waals surface area contributed by atoms with Gasteiger partial charge in [-0.15, -0.1) is 0 Å². The van der Waals surface area contributed by atoms with Crippen LogP contribution in [0.4, 0.5) is 0 Å². The standard InChI is InChI=1S/C18H18N6O2S/c1-22-5-4-14(21-22)11-24-18(26)17-3-2-15(8-13(17)9-20-24)27-16-10-19-23(12-16)6-7-25/h2-5,8-10,12,25H,6-7,11H2,1H3. The zero-order valence-electron chi connectivity index (χ0n) is 14.7. The smallest absolute Gasteiger partial charge is 0.274 e. The first-order valence-corrected chi connectivity index (χ1v) is 9.23. The average Bonchev–Trinajstić information content (AvgIpc) is 3.27. The number of aryl methyl sites for hydroxylation is 1. The summed E-state index contributed by atoms with van der Waals surface area (Å²) in [6.45, 7) is 0.867. The second kappa shape index (κ2) is 7.37. The van der Waals surface area contributed by atoms with Gasteiger partial charge >= 0.3 is 0 Å². The van der Waals surface area contributed by atoms with Crippen LogP contribution in [0.3, 0.4) is 0 Å². The molecule has 3 aromatic heterocycles. The summed E-state index contributed by atoms with van der Waals surface area (Å²) >= 11 is 1.55. The molecular formula is C18H18N6O2S. The normalized spacial score (nSPS) is 11.3. The van der Waals surface area contributed by atoms with Gasteiger partial charge in [-0.25, -0.2) is 4.68 Å². The fraction of sp³-hybridized carbons (Fsp3) is 0.222. The van der Waals surface area contributed by atoms with Crippen LogP contribution in [0.2, 0.25) is 0 Å². The summed E-state index contributed by atoms with van der Waals surface area (Å²) in [5.74, 6) is 0. The van der Waals surface area contributed by atoms with E-state index in [1.165, 1.54) is 4.68 Å². The summed E-state index contributed by atoms with van der Waals surface area (Å²) < 4.78 is 4.82. The maximum Gasteiger partial charge on any atom is 0.274 e. The average molecular weight is 382 g/mol. The molecule has 27 heavy (non-hydrogen) atoms. The summed E-state index contributed by atoms with van der Waals surface area (Å²) in [5.41, 5.74) is 0.656. The Kier molecular flexibility index (Phi) is 4.78. The van der Waals surface area contributed by atoms with Crippen LogP contribution in [-0.2, 0) is 20.1 Å². The summed E-state index contributed by atoms with van der Waals surface area (Å²) in [4.78, 5) is 14.7. The van der Waals surface area contributed by atoms with Crippen LogP contribution in [0.15, 0.2) is 63.6 Å². The minimum atomic E-state index is -0.134. The summed E-state index contributed by atoms with van der Waals surface area (Å²) in [7, 11) is 1.84. The monoisotopic (exact) mass is 382 g/mol. The predicted molar refractivity (Wildman–Crippen MR) is 102 cm³/mol. The topological polar surface area (TPSA) is 90.8 Å². The second-order valence-electron chi connectivity index (χ2n) is 6.10. The van der Waals surface area contributed by atoms with Crippen LogP contribution in [0.5, 0.6) is 0 Å². The second-order valence-corrected chi connectivity index (χ2v) is 7.25. The van der Waals surface area contributed by atoms with Crippen LogP contribution in [-0.4, -0.2) is 41.1 Å². The number of aliphatic hydroxyl groups excluding tert-OH is 1. The molecule has 8 nitrogen and oxygen atoms in total. The lowest BCUT2D eigenvalue weighted by Gasteiger charge is -2.06. The molecule has 0 bridgehead atoms. The lowest BCUT2D eigenvalue weighted by molar-refractivity contribution is 0.269. The minimum absolute atomic E-state index is 0.0538. The van der Waals surface area contributed by atoms with Crippen LogP contribution in [0.25, 0.3) is 10.8 Å². The van der Waals surface area contributed by atoms with Crippen molar-refractivity contribution in [3.63, 3.8) is 0 Å². The van der Waals surface area contributed by atoms with Crippen LogP contribution < -0.4 is 5.56 Å². The number of rotatable bonds is 6. The molecule has 1 aromatic carbocycles. The van der Waals surface area contributed by atoms with Gasteiger partial charge in [0, 0.05) is 29.7 Å². The molecule has 4 rings (SSSR count). The maximum atomic E-state index is 12.7. The molecule has 0 aliphatic heterocycles. The number of fused-ring (bicyclic) bond motifs is 1. The van der Waals surface area contributed by atoms with Crippen LogP contribution in [0.1, 0.15) is 5.69 Å². The van der Waals surface area contributed by atoms with E-state index in [0.29, 0.717) is 18.5 Å². The summed E-state index contributed by atoms with van der Waals surface area (Å²) in [6.07, 6.45) is 7.19. The molecule has 0 spiro atoms. The lowest BCUT2D eigenvalue weighted by atomic mass is 10.2. The van der Waals surface area contributed by atoms with E-state index in [-0.39, 0.29) is 12.2 Å². The molecule has 0 unspecified atom stereocenters. The highest BCUT2D eigenvalue weighted by Gasteiger charge is 2.08. The van der Waals surface area contributed by atoms with E-state index >= 15 is 0 Å². The molecule has 0 aliphatic carbocycles. The predicted octanol–water partition coefficient (Wildman–Crippen LogP) is 1.52. The molecule has 138 valence electrons. The first-order valence-electron chi connectivity index (χ1n) is 8.42. The molecular weight excluding hydrogens is 364 g/mol. The Morgan fingerprint density at radius 3 is 2.81 bits per heavy atom. The first kappa shape index (κ1) is 17.5. The number of aliphatic hydroxyl groups is 1. The van der Waals surface area contributed by atoms with Crippen molar-refractivity contribution in [2.24, 2.45) is 7.05 Å². The number of aromatic nitrogens is 6. The lowest BCUT2D eigenvalue weighted by Crippen LogP contribution is -2.23. The van der Waals surface area contributed by atoms with E-state index < -0.39 is 0 Å². The fourth-order valence-electron chi connectivity index (χ4n) is 2.80. The molecule has 0 atom stereocenters. The number of hydrogen-bond donors (Lipinski definition) is 1. The first-order chi connectivity index (χ1) is 13.1. The molecule has 4 aromatic rings. The quantitative estimate of drug-likeness (QED) is 0.544. The van der Waals surface area contributed by atoms with E-state index in [0.717, 1.165) is 20.9 Å². The van der Waals surface area contributed by atoms with Crippen molar-refractivity contribution in [2.75, 3.05) is 6.61 Å². The Hall–Kier alpha value is -2.91. The highest BCUT2D eigenvalue weighted by molar-refractivity contribution is 7.99. The van der Waals surface area contributed by atoms with Crippen molar-refractivity contribution < 1.29 is 5.11 Å². The van der Waals surface area contributed by atoms with E-state index in [1.54, 1.807) is 33.5 Å². The minimum Gasteiger partial charge on any atom is -0.394 e. The molecule has 0 amide bonds. The van der Waals surface area contributed by atoms with Crippen molar-refractivity contribution in [3.8, 4) is 0 Å². The third-order valence-electron chi connectivity index (χ3n) is 4.08. The molecule has 3 heterocycles.